The lowest BCUT2D eigenvalue weighted by atomic mass is 9.87. The topological polar surface area (TPSA) is 93.5 Å². The Labute approximate surface area is 231 Å². The average Bonchev–Trinajstić information content (AvgIpc) is 2.88. The molecule has 0 radical (unpaired) electrons. The summed E-state index contributed by atoms with van der Waals surface area (Å²) in [5.41, 5.74) is 0.613. The van der Waals surface area contributed by atoms with Crippen LogP contribution < -0.4 is 10.6 Å². The van der Waals surface area contributed by atoms with Crippen molar-refractivity contribution in [3.05, 3.63) is 58.8 Å². The van der Waals surface area contributed by atoms with Crippen molar-refractivity contribution in [2.24, 2.45) is 10.9 Å². The van der Waals surface area contributed by atoms with Crippen molar-refractivity contribution in [3.8, 4) is 0 Å². The molecular weight excluding hydrogens is 531 g/mol. The molecule has 0 bridgehead atoms. The molecule has 2 unspecified atom stereocenters. The van der Waals surface area contributed by atoms with Gasteiger partial charge in [0.1, 0.15) is 11.5 Å². The number of halogens is 5. The van der Waals surface area contributed by atoms with Crippen LogP contribution in [0.3, 0.4) is 0 Å². The first kappa shape index (κ1) is 32.6. The van der Waals surface area contributed by atoms with E-state index in [1.165, 1.54) is 19.3 Å². The number of alkyl halides is 5. The van der Waals surface area contributed by atoms with Crippen LogP contribution in [-0.4, -0.2) is 66.0 Å². The first-order valence-electron chi connectivity index (χ1n) is 12.9. The Morgan fingerprint density at radius 3 is 2.52 bits per heavy atom. The number of carbonyl (C=O) groups is 1. The number of rotatable bonds is 10. The fraction of sp³-hybridized carbons (Fsp3) is 0.500. The van der Waals surface area contributed by atoms with Gasteiger partial charge in [-0.15, -0.1) is 0 Å². The predicted octanol–water partition coefficient (Wildman–Crippen LogP) is 5.65. The number of piperidine rings is 1. The van der Waals surface area contributed by atoms with E-state index in [1.54, 1.807) is 40.0 Å². The van der Waals surface area contributed by atoms with Crippen molar-refractivity contribution in [3.63, 3.8) is 0 Å². The SMILES string of the molecule is C\C=C(/C=N\C(NCC1C(C)CC(F)(F)CN1C(=O)C(=N)/C(=C\NC)c1ccc(C)nc1)=C(\C)CC)C(F)(F)F. The maximum atomic E-state index is 14.7. The van der Waals surface area contributed by atoms with E-state index in [0.717, 1.165) is 16.7 Å². The van der Waals surface area contributed by atoms with Gasteiger partial charge in [0.15, 0.2) is 0 Å². The molecule has 1 aliphatic rings. The van der Waals surface area contributed by atoms with Gasteiger partial charge in [-0.2, -0.15) is 13.2 Å². The minimum Gasteiger partial charge on any atom is -0.393 e. The smallest absolute Gasteiger partial charge is 0.393 e. The summed E-state index contributed by atoms with van der Waals surface area (Å²) in [5, 5.41) is 14.4. The molecule has 3 N–H and O–H groups in total. The highest BCUT2D eigenvalue weighted by Gasteiger charge is 2.47. The Kier molecular flexibility index (Phi) is 11.2. The third kappa shape index (κ3) is 8.46. The molecule has 1 aliphatic heterocycles. The van der Waals surface area contributed by atoms with Gasteiger partial charge in [-0.05, 0) is 44.7 Å². The van der Waals surface area contributed by atoms with Crippen molar-refractivity contribution in [1.82, 2.24) is 20.5 Å². The highest BCUT2D eigenvalue weighted by molar-refractivity contribution is 6.54. The van der Waals surface area contributed by atoms with Gasteiger partial charge < -0.3 is 15.5 Å². The Morgan fingerprint density at radius 1 is 1.32 bits per heavy atom. The van der Waals surface area contributed by atoms with E-state index < -0.39 is 54.2 Å². The van der Waals surface area contributed by atoms with Gasteiger partial charge in [0, 0.05) is 55.5 Å². The first-order chi connectivity index (χ1) is 18.6. The summed E-state index contributed by atoms with van der Waals surface area (Å²) < 4.78 is 69.0. The van der Waals surface area contributed by atoms with Gasteiger partial charge in [-0.1, -0.05) is 26.0 Å². The molecule has 0 saturated carbocycles. The number of likely N-dealkylation sites (tertiary alicyclic amines) is 1. The van der Waals surface area contributed by atoms with Gasteiger partial charge in [0.2, 0.25) is 0 Å². The molecule has 1 amide bonds. The van der Waals surface area contributed by atoms with Gasteiger partial charge in [-0.25, -0.2) is 13.8 Å². The number of amides is 1. The molecule has 40 heavy (non-hydrogen) atoms. The normalized spacial score (nSPS) is 20.8. The molecule has 1 fully saturated rings. The van der Waals surface area contributed by atoms with Crippen molar-refractivity contribution >= 4 is 23.4 Å². The maximum absolute atomic E-state index is 14.7. The number of nitrogens with one attached hydrogen (secondary N) is 3. The minimum atomic E-state index is -4.58. The minimum absolute atomic E-state index is 0.0470. The molecule has 0 aromatic carbocycles. The van der Waals surface area contributed by atoms with Gasteiger partial charge in [0.25, 0.3) is 11.8 Å². The van der Waals surface area contributed by atoms with Crippen molar-refractivity contribution in [2.75, 3.05) is 20.1 Å². The van der Waals surface area contributed by atoms with Crippen molar-refractivity contribution in [1.29, 1.82) is 5.41 Å². The average molecular weight is 569 g/mol. The van der Waals surface area contributed by atoms with Crippen LogP contribution in [0.25, 0.3) is 5.57 Å². The second kappa shape index (κ2) is 13.7. The quantitative estimate of drug-likeness (QED) is 0.251. The van der Waals surface area contributed by atoms with Crippen LogP contribution in [0.15, 0.2) is 52.6 Å². The highest BCUT2D eigenvalue weighted by atomic mass is 19.4. The van der Waals surface area contributed by atoms with E-state index in [4.69, 9.17) is 5.41 Å². The molecule has 0 spiro atoms. The van der Waals surface area contributed by atoms with Crippen molar-refractivity contribution < 1.29 is 26.7 Å². The van der Waals surface area contributed by atoms with Crippen LogP contribution in [0.5, 0.6) is 0 Å². The summed E-state index contributed by atoms with van der Waals surface area (Å²) in [5.74, 6) is -4.58. The van der Waals surface area contributed by atoms with E-state index in [1.807, 2.05) is 6.92 Å². The monoisotopic (exact) mass is 568 g/mol. The molecule has 1 saturated heterocycles. The van der Waals surface area contributed by atoms with E-state index in [0.29, 0.717) is 23.8 Å². The molecular formula is C28H37F5N6O. The second-order valence-corrected chi connectivity index (χ2v) is 9.81. The molecule has 7 nitrogen and oxygen atoms in total. The van der Waals surface area contributed by atoms with Crippen molar-refractivity contribution in [2.45, 2.75) is 65.6 Å². The zero-order valence-electron chi connectivity index (χ0n) is 23.6. The third-order valence-corrected chi connectivity index (χ3v) is 6.72. The predicted molar refractivity (Wildman–Crippen MR) is 147 cm³/mol. The van der Waals surface area contributed by atoms with Gasteiger partial charge in [-0.3, -0.25) is 15.2 Å². The Bertz CT molecular complexity index is 1180. The van der Waals surface area contributed by atoms with Crippen LogP contribution in [0.1, 0.15) is 51.8 Å². The number of aryl methyl sites for hydroxylation is 1. The number of carbonyl (C=O) groups excluding carboxylic acids is 1. The number of pyridine rings is 1. The molecule has 2 heterocycles. The number of hydrogen-bond acceptors (Lipinski definition) is 6. The zero-order chi connectivity index (χ0) is 30.3. The van der Waals surface area contributed by atoms with E-state index >= 15 is 0 Å². The van der Waals surface area contributed by atoms with Crippen LogP contribution in [0, 0.1) is 18.3 Å². The lowest BCUT2D eigenvalue weighted by Crippen LogP contribution is -2.59. The van der Waals surface area contributed by atoms with E-state index in [9.17, 15) is 26.7 Å². The number of allylic oxidation sites excluding steroid dienone is 3. The molecule has 12 heteroatoms. The van der Waals surface area contributed by atoms with E-state index in [-0.39, 0.29) is 17.9 Å². The molecule has 1 aromatic heterocycles. The molecule has 2 atom stereocenters. The summed E-state index contributed by atoms with van der Waals surface area (Å²) in [6.45, 7) is 7.19. The molecule has 220 valence electrons. The standard InChI is InChI=1S/C28H37F5N6O/c1-7-17(3)25(37-13-21(8-2)28(31,32)33)38-15-23-18(4)11-27(29,30)16-39(23)26(40)24(34)22(14-35-6)20-10-9-19(5)36-12-20/h8-10,12-14,18,23,34-35,38H,7,11,15-16H2,1-6H3/b21-8+,22-14-,25-17+,34-24?,37-13-. The van der Waals surface area contributed by atoms with Crippen LogP contribution >= 0.6 is 0 Å². The highest BCUT2D eigenvalue weighted by Crippen LogP contribution is 2.35. The summed E-state index contributed by atoms with van der Waals surface area (Å²) in [4.78, 5) is 22.8. The lowest BCUT2D eigenvalue weighted by Gasteiger charge is -2.43. The third-order valence-electron chi connectivity index (χ3n) is 6.72. The largest absolute Gasteiger partial charge is 0.417 e. The number of aliphatic imine (C=N–C) groups is 1. The Morgan fingerprint density at radius 2 is 2.00 bits per heavy atom. The number of nitrogens with zero attached hydrogens (tertiary/aromatic N) is 3. The Hall–Kier alpha value is -3.57. The number of aromatic nitrogens is 1. The molecule has 1 aromatic rings. The summed E-state index contributed by atoms with van der Waals surface area (Å²) in [7, 11) is 1.59. The first-order valence-corrected chi connectivity index (χ1v) is 12.9. The maximum Gasteiger partial charge on any atom is 0.417 e. The second-order valence-electron chi connectivity index (χ2n) is 9.81. The fourth-order valence-corrected chi connectivity index (χ4v) is 4.33. The summed E-state index contributed by atoms with van der Waals surface area (Å²) in [6.07, 6.45) is -0.0421. The van der Waals surface area contributed by atoms with Gasteiger partial charge in [0.05, 0.1) is 18.2 Å². The van der Waals surface area contributed by atoms with Crippen LogP contribution in [0.2, 0.25) is 0 Å². The molecule has 2 rings (SSSR count). The van der Waals surface area contributed by atoms with Crippen LogP contribution in [0.4, 0.5) is 22.0 Å². The van der Waals surface area contributed by atoms with E-state index in [2.05, 4.69) is 20.6 Å². The Balaban J connectivity index is 2.39. The molecule has 0 aliphatic carbocycles. The van der Waals surface area contributed by atoms with Crippen LogP contribution in [-0.2, 0) is 4.79 Å². The summed E-state index contributed by atoms with van der Waals surface area (Å²) >= 11 is 0. The number of hydrogen-bond donors (Lipinski definition) is 3. The zero-order valence-corrected chi connectivity index (χ0v) is 23.6. The fourth-order valence-electron chi connectivity index (χ4n) is 4.33. The lowest BCUT2D eigenvalue weighted by molar-refractivity contribution is -0.145. The van der Waals surface area contributed by atoms with Gasteiger partial charge >= 0.3 is 6.18 Å². The summed E-state index contributed by atoms with van der Waals surface area (Å²) in [6, 6.07) is 2.61.